The fraction of sp³-hybridized carbons (Fsp3) is 0.286. The van der Waals surface area contributed by atoms with Gasteiger partial charge in [-0.1, -0.05) is 24.3 Å². The molecule has 2 aromatic rings. The molecule has 0 bridgehead atoms. The molecule has 1 atom stereocenters. The summed E-state index contributed by atoms with van der Waals surface area (Å²) < 4.78 is 5.16. The second kappa shape index (κ2) is 4.66. The minimum Gasteiger partial charge on any atom is -0.364 e. The third kappa shape index (κ3) is 2.23. The second-order valence-electron chi connectivity index (χ2n) is 4.20. The maximum atomic E-state index is 9.77. The Bertz CT molecular complexity index is 563. The average Bonchev–Trinajstić information content (AvgIpc) is 3.22. The van der Waals surface area contributed by atoms with Crippen molar-refractivity contribution >= 4 is 10.8 Å². The zero-order chi connectivity index (χ0) is 12.5. The largest absolute Gasteiger partial charge is 0.364 e. The SMILES string of the molecule is CCOC(O)c1ccc2cc(C3OO3)ccc2c1. The van der Waals surface area contributed by atoms with Crippen molar-refractivity contribution in [1.82, 2.24) is 0 Å². The molecule has 1 saturated heterocycles. The van der Waals surface area contributed by atoms with Crippen molar-refractivity contribution in [3.05, 3.63) is 47.5 Å². The molecule has 0 aromatic heterocycles. The molecule has 1 fully saturated rings. The van der Waals surface area contributed by atoms with Crippen LogP contribution in [0.3, 0.4) is 0 Å². The van der Waals surface area contributed by atoms with E-state index in [-0.39, 0.29) is 6.29 Å². The smallest absolute Gasteiger partial charge is 0.249 e. The van der Waals surface area contributed by atoms with Gasteiger partial charge in [0.05, 0.1) is 0 Å². The summed E-state index contributed by atoms with van der Waals surface area (Å²) in [5.41, 5.74) is 1.76. The molecule has 2 aromatic carbocycles. The molecule has 4 heteroatoms. The van der Waals surface area contributed by atoms with Crippen LogP contribution in [-0.4, -0.2) is 11.7 Å². The molecule has 18 heavy (non-hydrogen) atoms. The molecule has 3 rings (SSSR count). The monoisotopic (exact) mass is 246 g/mol. The van der Waals surface area contributed by atoms with E-state index in [0.29, 0.717) is 6.61 Å². The first-order valence-electron chi connectivity index (χ1n) is 5.93. The Morgan fingerprint density at radius 2 is 1.89 bits per heavy atom. The predicted molar refractivity (Wildman–Crippen MR) is 65.4 cm³/mol. The van der Waals surface area contributed by atoms with Crippen LogP contribution in [0.15, 0.2) is 36.4 Å². The number of benzene rings is 2. The normalized spacial score (nSPS) is 17.0. The highest BCUT2D eigenvalue weighted by Gasteiger charge is 2.27. The summed E-state index contributed by atoms with van der Waals surface area (Å²) in [4.78, 5) is 9.55. The first-order chi connectivity index (χ1) is 8.78. The van der Waals surface area contributed by atoms with Crippen molar-refractivity contribution in [3.8, 4) is 0 Å². The summed E-state index contributed by atoms with van der Waals surface area (Å²) >= 11 is 0. The lowest BCUT2D eigenvalue weighted by atomic mass is 10.0. The minimum absolute atomic E-state index is 0.219. The van der Waals surface area contributed by atoms with E-state index in [1.54, 1.807) is 0 Å². The Labute approximate surface area is 105 Å². The lowest BCUT2D eigenvalue weighted by Crippen LogP contribution is -2.02. The molecule has 1 N–H and O–H groups in total. The van der Waals surface area contributed by atoms with Gasteiger partial charge in [-0.15, -0.1) is 0 Å². The number of aliphatic hydroxyl groups is 1. The van der Waals surface area contributed by atoms with E-state index in [2.05, 4.69) is 0 Å². The topological polar surface area (TPSA) is 54.5 Å². The van der Waals surface area contributed by atoms with Gasteiger partial charge in [-0.05, 0) is 29.8 Å². The van der Waals surface area contributed by atoms with Crippen LogP contribution in [0.1, 0.15) is 30.6 Å². The molecular weight excluding hydrogens is 232 g/mol. The van der Waals surface area contributed by atoms with Gasteiger partial charge < -0.3 is 9.84 Å². The molecule has 0 spiro atoms. The van der Waals surface area contributed by atoms with E-state index in [1.165, 1.54) is 0 Å². The summed E-state index contributed by atoms with van der Waals surface area (Å²) in [6.07, 6.45) is -1.09. The van der Waals surface area contributed by atoms with Gasteiger partial charge in [0.1, 0.15) is 0 Å². The van der Waals surface area contributed by atoms with Gasteiger partial charge in [0, 0.05) is 17.7 Å². The van der Waals surface area contributed by atoms with Gasteiger partial charge in [-0.25, -0.2) is 0 Å². The third-order valence-corrected chi connectivity index (χ3v) is 2.96. The predicted octanol–water partition coefficient (Wildman–Crippen LogP) is 2.83. The number of hydrogen-bond donors (Lipinski definition) is 1. The fourth-order valence-corrected chi connectivity index (χ4v) is 1.98. The molecule has 1 unspecified atom stereocenters. The number of ether oxygens (including phenoxy) is 1. The lowest BCUT2D eigenvalue weighted by molar-refractivity contribution is -0.0978. The maximum Gasteiger partial charge on any atom is 0.249 e. The first-order valence-corrected chi connectivity index (χ1v) is 5.93. The molecule has 1 aliphatic rings. The van der Waals surface area contributed by atoms with Crippen LogP contribution in [0.25, 0.3) is 10.8 Å². The molecule has 4 nitrogen and oxygen atoms in total. The van der Waals surface area contributed by atoms with Crippen molar-refractivity contribution in [2.45, 2.75) is 19.5 Å². The molecular formula is C14H14O4. The Morgan fingerprint density at radius 3 is 2.61 bits per heavy atom. The highest BCUT2D eigenvalue weighted by atomic mass is 17.4. The summed E-state index contributed by atoms with van der Waals surface area (Å²) in [5, 5.41) is 11.9. The summed E-state index contributed by atoms with van der Waals surface area (Å²) in [5.74, 6) is 0. The number of rotatable bonds is 4. The van der Waals surface area contributed by atoms with Crippen molar-refractivity contribution < 1.29 is 19.6 Å². The van der Waals surface area contributed by atoms with Crippen LogP contribution in [0.2, 0.25) is 0 Å². The van der Waals surface area contributed by atoms with Crippen molar-refractivity contribution in [2.75, 3.05) is 6.61 Å². The van der Waals surface area contributed by atoms with E-state index in [4.69, 9.17) is 14.5 Å². The van der Waals surface area contributed by atoms with E-state index in [9.17, 15) is 5.11 Å². The Kier molecular flexibility index (Phi) is 3.01. The molecule has 1 heterocycles. The van der Waals surface area contributed by atoms with Crippen LogP contribution in [0, 0.1) is 0 Å². The minimum atomic E-state index is -0.867. The number of fused-ring (bicyclic) bond motifs is 1. The van der Waals surface area contributed by atoms with Crippen LogP contribution in [0.4, 0.5) is 0 Å². The molecule has 0 saturated carbocycles. The number of hydrogen-bond acceptors (Lipinski definition) is 4. The van der Waals surface area contributed by atoms with E-state index in [0.717, 1.165) is 21.9 Å². The standard InChI is InChI=1S/C14H14O4/c1-2-16-13(15)11-5-3-10-8-12(14-17-18-14)6-4-9(10)7-11/h3-8,13-15H,2H2,1H3. The molecule has 0 amide bonds. The zero-order valence-electron chi connectivity index (χ0n) is 10.00. The van der Waals surface area contributed by atoms with Crippen LogP contribution in [-0.2, 0) is 14.5 Å². The third-order valence-electron chi connectivity index (χ3n) is 2.96. The second-order valence-corrected chi connectivity index (χ2v) is 4.20. The highest BCUT2D eigenvalue weighted by molar-refractivity contribution is 5.84. The molecule has 0 aliphatic carbocycles. The van der Waals surface area contributed by atoms with Gasteiger partial charge in [0.25, 0.3) is 0 Å². The maximum absolute atomic E-state index is 9.77. The van der Waals surface area contributed by atoms with Crippen LogP contribution < -0.4 is 0 Å². The lowest BCUT2D eigenvalue weighted by Gasteiger charge is -2.11. The Balaban J connectivity index is 1.94. The van der Waals surface area contributed by atoms with Gasteiger partial charge in [-0.3, -0.25) is 0 Å². The van der Waals surface area contributed by atoms with E-state index in [1.807, 2.05) is 43.3 Å². The summed E-state index contributed by atoms with van der Waals surface area (Å²) in [6, 6.07) is 11.7. The Morgan fingerprint density at radius 1 is 1.17 bits per heavy atom. The highest BCUT2D eigenvalue weighted by Crippen LogP contribution is 2.34. The van der Waals surface area contributed by atoms with Gasteiger partial charge >= 0.3 is 0 Å². The molecule has 1 aliphatic heterocycles. The van der Waals surface area contributed by atoms with E-state index < -0.39 is 6.29 Å². The van der Waals surface area contributed by atoms with Crippen molar-refractivity contribution in [1.29, 1.82) is 0 Å². The molecule has 0 radical (unpaired) electrons. The van der Waals surface area contributed by atoms with Crippen molar-refractivity contribution in [3.63, 3.8) is 0 Å². The van der Waals surface area contributed by atoms with E-state index >= 15 is 0 Å². The quantitative estimate of drug-likeness (QED) is 0.512. The van der Waals surface area contributed by atoms with Gasteiger partial charge in [0.2, 0.25) is 6.29 Å². The zero-order valence-corrected chi connectivity index (χ0v) is 10.00. The summed E-state index contributed by atoms with van der Waals surface area (Å²) in [6.45, 7) is 2.33. The van der Waals surface area contributed by atoms with Gasteiger partial charge in [-0.2, -0.15) is 9.78 Å². The number of aliphatic hydroxyl groups excluding tert-OH is 1. The van der Waals surface area contributed by atoms with Crippen LogP contribution in [0.5, 0.6) is 0 Å². The van der Waals surface area contributed by atoms with Crippen LogP contribution >= 0.6 is 0 Å². The Hall–Kier alpha value is -1.46. The van der Waals surface area contributed by atoms with Gasteiger partial charge in [0.15, 0.2) is 6.29 Å². The molecule has 94 valence electrons. The van der Waals surface area contributed by atoms with Crippen molar-refractivity contribution in [2.24, 2.45) is 0 Å². The average molecular weight is 246 g/mol. The first kappa shape index (κ1) is 11.6. The summed E-state index contributed by atoms with van der Waals surface area (Å²) in [7, 11) is 0. The fourth-order valence-electron chi connectivity index (χ4n) is 1.98.